The van der Waals surface area contributed by atoms with Crippen molar-refractivity contribution in [2.75, 3.05) is 20.8 Å². The minimum absolute atomic E-state index is 0.252. The second-order valence-corrected chi connectivity index (χ2v) is 6.82. The summed E-state index contributed by atoms with van der Waals surface area (Å²) in [5.74, 6) is 0.144. The molecule has 0 aliphatic rings. The molecular weight excluding hydrogens is 398 g/mol. The van der Waals surface area contributed by atoms with Crippen LogP contribution in [0.3, 0.4) is 0 Å². The molecule has 0 fully saturated rings. The van der Waals surface area contributed by atoms with Gasteiger partial charge in [-0.05, 0) is 43.2 Å². The van der Waals surface area contributed by atoms with Crippen molar-refractivity contribution in [3.05, 3.63) is 65.9 Å². The number of carbonyl (C=O) groups excluding carboxylic acids is 2. The van der Waals surface area contributed by atoms with Crippen LogP contribution in [0.2, 0.25) is 0 Å². The number of hydrogen-bond acceptors (Lipinski definition) is 7. The molecule has 7 heteroatoms. The molecule has 0 aliphatic heterocycles. The van der Waals surface area contributed by atoms with Gasteiger partial charge in [-0.2, -0.15) is 0 Å². The highest BCUT2D eigenvalue weighted by Crippen LogP contribution is 2.26. The highest BCUT2D eigenvalue weighted by molar-refractivity contribution is 5.93. The van der Waals surface area contributed by atoms with Gasteiger partial charge in [0.2, 0.25) is 0 Å². The summed E-state index contributed by atoms with van der Waals surface area (Å²) in [4.78, 5) is 27.9. The summed E-state index contributed by atoms with van der Waals surface area (Å²) in [6, 6.07) is 16.8. The number of aromatic nitrogens is 1. The van der Waals surface area contributed by atoms with Crippen LogP contribution < -0.4 is 9.47 Å². The first kappa shape index (κ1) is 22.1. The molecule has 3 rings (SSSR count). The Morgan fingerprint density at radius 1 is 0.903 bits per heavy atom. The van der Waals surface area contributed by atoms with Crippen LogP contribution in [0.4, 0.5) is 0 Å². The van der Waals surface area contributed by atoms with Crippen molar-refractivity contribution >= 4 is 22.8 Å². The Balaban J connectivity index is 1.62. The van der Waals surface area contributed by atoms with Crippen LogP contribution in [0.1, 0.15) is 35.3 Å². The highest BCUT2D eigenvalue weighted by atomic mass is 16.5. The average Bonchev–Trinajstić information content (AvgIpc) is 2.82. The van der Waals surface area contributed by atoms with E-state index < -0.39 is 5.97 Å². The van der Waals surface area contributed by atoms with Crippen molar-refractivity contribution in [2.24, 2.45) is 0 Å². The number of benzene rings is 2. The molecular formula is C24H25NO6. The van der Waals surface area contributed by atoms with Gasteiger partial charge in [0.25, 0.3) is 0 Å². The van der Waals surface area contributed by atoms with Gasteiger partial charge in [0.1, 0.15) is 23.7 Å². The lowest BCUT2D eigenvalue weighted by Gasteiger charge is -2.13. The van der Waals surface area contributed by atoms with E-state index in [1.807, 2.05) is 36.4 Å². The normalized spacial score (nSPS) is 10.5. The van der Waals surface area contributed by atoms with E-state index in [1.165, 1.54) is 14.2 Å². The number of rotatable bonds is 10. The lowest BCUT2D eigenvalue weighted by molar-refractivity contribution is -0.140. The number of methoxy groups -OCH3 is 2. The zero-order valence-electron chi connectivity index (χ0n) is 17.6. The highest BCUT2D eigenvalue weighted by Gasteiger charge is 2.15. The Hall–Kier alpha value is -3.61. The standard InChI is InChI=1S/C24H25NO6/c1-28-23(26)9-5-6-14-30-22-13-12-19(15-20(22)24(27)29-2)31-16-18-11-10-17-7-3-4-8-21(17)25-18/h3-4,7-8,10-13,15H,5-6,9,14,16H2,1-2H3. The number of hydrogen-bond donors (Lipinski definition) is 0. The van der Waals surface area contributed by atoms with Crippen LogP contribution in [-0.2, 0) is 20.9 Å². The van der Waals surface area contributed by atoms with E-state index in [0.717, 1.165) is 16.6 Å². The van der Waals surface area contributed by atoms with Crippen LogP contribution >= 0.6 is 0 Å². The molecule has 0 bridgehead atoms. The minimum Gasteiger partial charge on any atom is -0.493 e. The van der Waals surface area contributed by atoms with E-state index in [0.29, 0.717) is 37.4 Å². The van der Waals surface area contributed by atoms with Gasteiger partial charge in [0.15, 0.2) is 0 Å². The Morgan fingerprint density at radius 3 is 2.55 bits per heavy atom. The lowest BCUT2D eigenvalue weighted by atomic mass is 10.2. The summed E-state index contributed by atoms with van der Waals surface area (Å²) in [7, 11) is 2.68. The molecule has 0 atom stereocenters. The first-order valence-corrected chi connectivity index (χ1v) is 10.00. The summed E-state index contributed by atoms with van der Waals surface area (Å²) < 4.78 is 21.0. The zero-order valence-corrected chi connectivity index (χ0v) is 17.6. The largest absolute Gasteiger partial charge is 0.493 e. The topological polar surface area (TPSA) is 84.0 Å². The predicted octanol–water partition coefficient (Wildman–Crippen LogP) is 4.32. The number of nitrogens with zero attached hydrogens (tertiary/aromatic N) is 1. The molecule has 0 spiro atoms. The predicted molar refractivity (Wildman–Crippen MR) is 115 cm³/mol. The maximum absolute atomic E-state index is 12.2. The summed E-state index contributed by atoms with van der Waals surface area (Å²) in [6.45, 7) is 0.626. The van der Waals surface area contributed by atoms with Gasteiger partial charge in [-0.3, -0.25) is 4.79 Å². The van der Waals surface area contributed by atoms with Crippen LogP contribution in [-0.4, -0.2) is 37.7 Å². The quantitative estimate of drug-likeness (QED) is 0.355. The third kappa shape index (κ3) is 6.18. The fourth-order valence-electron chi connectivity index (χ4n) is 3.00. The van der Waals surface area contributed by atoms with Crippen molar-refractivity contribution in [2.45, 2.75) is 25.9 Å². The Bertz CT molecular complexity index is 1050. The van der Waals surface area contributed by atoms with E-state index in [-0.39, 0.29) is 18.1 Å². The second kappa shape index (κ2) is 11.0. The van der Waals surface area contributed by atoms with Gasteiger partial charge >= 0.3 is 11.9 Å². The molecule has 2 aromatic carbocycles. The first-order chi connectivity index (χ1) is 15.1. The molecule has 0 N–H and O–H groups in total. The van der Waals surface area contributed by atoms with Gasteiger partial charge in [0.05, 0.1) is 32.0 Å². The van der Waals surface area contributed by atoms with E-state index in [2.05, 4.69) is 9.72 Å². The van der Waals surface area contributed by atoms with Gasteiger partial charge < -0.3 is 18.9 Å². The number of pyridine rings is 1. The molecule has 1 heterocycles. The van der Waals surface area contributed by atoms with Crippen LogP contribution in [0.15, 0.2) is 54.6 Å². The van der Waals surface area contributed by atoms with E-state index in [1.54, 1.807) is 18.2 Å². The number of fused-ring (bicyclic) bond motifs is 1. The molecule has 0 saturated carbocycles. The van der Waals surface area contributed by atoms with Gasteiger partial charge in [-0.1, -0.05) is 24.3 Å². The Kier molecular flexibility index (Phi) is 7.81. The summed E-state index contributed by atoms with van der Waals surface area (Å²) >= 11 is 0. The number of unbranched alkanes of at least 4 members (excludes halogenated alkanes) is 1. The third-order valence-electron chi connectivity index (χ3n) is 4.66. The van der Waals surface area contributed by atoms with Crippen molar-refractivity contribution in [3.63, 3.8) is 0 Å². The molecule has 0 radical (unpaired) electrons. The lowest BCUT2D eigenvalue weighted by Crippen LogP contribution is -2.08. The van der Waals surface area contributed by atoms with Gasteiger partial charge in [0, 0.05) is 11.8 Å². The van der Waals surface area contributed by atoms with Crippen LogP contribution in [0, 0.1) is 0 Å². The van der Waals surface area contributed by atoms with Crippen molar-refractivity contribution in [3.8, 4) is 11.5 Å². The number of ether oxygens (including phenoxy) is 4. The molecule has 1 aromatic heterocycles. The van der Waals surface area contributed by atoms with Crippen molar-refractivity contribution in [1.82, 2.24) is 4.98 Å². The molecule has 162 valence electrons. The van der Waals surface area contributed by atoms with E-state index in [4.69, 9.17) is 14.2 Å². The van der Waals surface area contributed by atoms with Crippen LogP contribution in [0.25, 0.3) is 10.9 Å². The Morgan fingerprint density at radius 2 is 1.74 bits per heavy atom. The monoisotopic (exact) mass is 423 g/mol. The maximum atomic E-state index is 12.2. The van der Waals surface area contributed by atoms with Crippen LogP contribution in [0.5, 0.6) is 11.5 Å². The average molecular weight is 423 g/mol. The minimum atomic E-state index is -0.515. The number of esters is 2. The van der Waals surface area contributed by atoms with Gasteiger partial charge in [-0.15, -0.1) is 0 Å². The fourth-order valence-corrected chi connectivity index (χ4v) is 3.00. The molecule has 0 aliphatic carbocycles. The molecule has 0 amide bonds. The third-order valence-corrected chi connectivity index (χ3v) is 4.66. The summed E-state index contributed by atoms with van der Waals surface area (Å²) in [5, 5.41) is 1.06. The first-order valence-electron chi connectivity index (χ1n) is 10.00. The summed E-state index contributed by atoms with van der Waals surface area (Å²) in [6.07, 6.45) is 1.63. The molecule has 7 nitrogen and oxygen atoms in total. The van der Waals surface area contributed by atoms with E-state index >= 15 is 0 Å². The number of carbonyl (C=O) groups is 2. The van der Waals surface area contributed by atoms with Crippen molar-refractivity contribution < 1.29 is 28.5 Å². The molecule has 31 heavy (non-hydrogen) atoms. The van der Waals surface area contributed by atoms with Gasteiger partial charge in [-0.25, -0.2) is 9.78 Å². The zero-order chi connectivity index (χ0) is 22.1. The molecule has 0 unspecified atom stereocenters. The fraction of sp³-hybridized carbons (Fsp3) is 0.292. The number of para-hydroxylation sites is 1. The summed E-state index contributed by atoms with van der Waals surface area (Å²) in [5.41, 5.74) is 1.96. The van der Waals surface area contributed by atoms with E-state index in [9.17, 15) is 9.59 Å². The molecule has 0 saturated heterocycles. The van der Waals surface area contributed by atoms with Crippen molar-refractivity contribution in [1.29, 1.82) is 0 Å². The molecule has 3 aromatic rings. The second-order valence-electron chi connectivity index (χ2n) is 6.82. The Labute approximate surface area is 180 Å². The smallest absolute Gasteiger partial charge is 0.341 e. The SMILES string of the molecule is COC(=O)CCCCOc1ccc(OCc2ccc3ccccc3n2)cc1C(=O)OC. The maximum Gasteiger partial charge on any atom is 0.341 e.